The van der Waals surface area contributed by atoms with Crippen molar-refractivity contribution in [2.75, 3.05) is 17.7 Å². The summed E-state index contributed by atoms with van der Waals surface area (Å²) in [6.07, 6.45) is 0. The molecule has 0 radical (unpaired) electrons. The van der Waals surface area contributed by atoms with E-state index >= 15 is 0 Å². The topological polar surface area (TPSA) is 51.0 Å². The van der Waals surface area contributed by atoms with Gasteiger partial charge in [-0.2, -0.15) is 0 Å². The van der Waals surface area contributed by atoms with Gasteiger partial charge in [-0.15, -0.1) is 10.2 Å². The average Bonchev–Trinajstić information content (AvgIpc) is 3.08. The molecule has 0 aliphatic carbocycles. The summed E-state index contributed by atoms with van der Waals surface area (Å²) in [6.45, 7) is 6.90. The van der Waals surface area contributed by atoms with Crippen molar-refractivity contribution in [3.63, 3.8) is 0 Å². The second kappa shape index (κ2) is 8.39. The van der Waals surface area contributed by atoms with Gasteiger partial charge in [0.05, 0.1) is 5.75 Å². The molecule has 0 saturated carbocycles. The number of hydrogen-bond acceptors (Lipinski definition) is 4. The van der Waals surface area contributed by atoms with Crippen molar-refractivity contribution < 1.29 is 4.79 Å². The predicted octanol–water partition coefficient (Wildman–Crippen LogP) is 4.34. The molecular weight excluding hydrogens is 356 g/mol. The van der Waals surface area contributed by atoms with Crippen LogP contribution in [0.1, 0.15) is 18.1 Å². The maximum atomic E-state index is 12.6. The van der Waals surface area contributed by atoms with Crippen molar-refractivity contribution in [2.45, 2.75) is 32.5 Å². The van der Waals surface area contributed by atoms with Crippen molar-refractivity contribution in [3.8, 4) is 11.4 Å². The van der Waals surface area contributed by atoms with Crippen LogP contribution in [0, 0.1) is 13.8 Å². The zero-order valence-corrected chi connectivity index (χ0v) is 17.0. The molecule has 5 nitrogen and oxygen atoms in total. The zero-order chi connectivity index (χ0) is 19.4. The lowest BCUT2D eigenvalue weighted by Crippen LogP contribution is -2.28. The van der Waals surface area contributed by atoms with Crippen molar-refractivity contribution in [3.05, 3.63) is 59.7 Å². The SMILES string of the molecule is CCn1c(SCC(=O)N(C)c2cccc(C)c2)nnc1-c1ccccc1C. The summed E-state index contributed by atoms with van der Waals surface area (Å²) in [7, 11) is 1.81. The minimum atomic E-state index is 0.0358. The molecule has 0 fully saturated rings. The smallest absolute Gasteiger partial charge is 0.237 e. The summed E-state index contributed by atoms with van der Waals surface area (Å²) in [5.74, 6) is 1.20. The third-order valence-electron chi connectivity index (χ3n) is 4.51. The number of carbonyl (C=O) groups excluding carboxylic acids is 1. The molecular formula is C21H24N4OS. The molecule has 0 spiro atoms. The van der Waals surface area contributed by atoms with Gasteiger partial charge in [-0.25, -0.2) is 0 Å². The standard InChI is InChI=1S/C21H24N4OS/c1-5-25-20(18-12-7-6-10-16(18)3)22-23-21(25)27-14-19(26)24(4)17-11-8-9-15(2)13-17/h6-13H,5,14H2,1-4H3. The Morgan fingerprint density at radius 3 is 2.59 bits per heavy atom. The normalized spacial score (nSPS) is 10.8. The van der Waals surface area contributed by atoms with E-state index in [1.54, 1.807) is 11.9 Å². The third-order valence-corrected chi connectivity index (χ3v) is 5.46. The van der Waals surface area contributed by atoms with Crippen LogP contribution in [0.5, 0.6) is 0 Å². The molecule has 0 bridgehead atoms. The van der Waals surface area contributed by atoms with E-state index < -0.39 is 0 Å². The maximum absolute atomic E-state index is 12.6. The van der Waals surface area contributed by atoms with Crippen LogP contribution in [-0.4, -0.2) is 33.5 Å². The molecule has 0 unspecified atom stereocenters. The Balaban J connectivity index is 1.75. The van der Waals surface area contributed by atoms with Gasteiger partial charge in [-0.05, 0) is 44.0 Å². The Morgan fingerprint density at radius 1 is 1.11 bits per heavy atom. The Labute approximate surface area is 164 Å². The number of aryl methyl sites for hydroxylation is 2. The van der Waals surface area contributed by atoms with Crippen LogP contribution in [-0.2, 0) is 11.3 Å². The first kappa shape index (κ1) is 19.2. The number of carbonyl (C=O) groups is 1. The van der Waals surface area contributed by atoms with Crippen LogP contribution >= 0.6 is 11.8 Å². The van der Waals surface area contributed by atoms with Gasteiger partial charge in [0.15, 0.2) is 11.0 Å². The molecule has 0 atom stereocenters. The second-order valence-electron chi connectivity index (χ2n) is 6.45. The number of thioether (sulfide) groups is 1. The summed E-state index contributed by atoms with van der Waals surface area (Å²) < 4.78 is 2.06. The van der Waals surface area contributed by atoms with Crippen LogP contribution in [0.15, 0.2) is 53.7 Å². The molecule has 0 aliphatic heterocycles. The fourth-order valence-electron chi connectivity index (χ4n) is 2.91. The molecule has 2 aromatic carbocycles. The fourth-order valence-corrected chi connectivity index (χ4v) is 3.82. The van der Waals surface area contributed by atoms with E-state index in [9.17, 15) is 4.79 Å². The van der Waals surface area contributed by atoms with E-state index in [1.807, 2.05) is 43.3 Å². The number of aromatic nitrogens is 3. The molecule has 1 heterocycles. The molecule has 0 aliphatic rings. The van der Waals surface area contributed by atoms with Crippen LogP contribution in [0.25, 0.3) is 11.4 Å². The highest BCUT2D eigenvalue weighted by Crippen LogP contribution is 2.26. The summed E-state index contributed by atoms with van der Waals surface area (Å²) in [5, 5.41) is 9.47. The van der Waals surface area contributed by atoms with E-state index in [4.69, 9.17) is 0 Å². The third kappa shape index (κ3) is 4.22. The number of hydrogen-bond donors (Lipinski definition) is 0. The molecule has 27 heavy (non-hydrogen) atoms. The molecule has 0 saturated heterocycles. The van der Waals surface area contributed by atoms with Gasteiger partial charge >= 0.3 is 0 Å². The van der Waals surface area contributed by atoms with E-state index in [-0.39, 0.29) is 5.91 Å². The maximum Gasteiger partial charge on any atom is 0.237 e. The quantitative estimate of drug-likeness (QED) is 0.597. The Morgan fingerprint density at radius 2 is 1.89 bits per heavy atom. The van der Waals surface area contributed by atoms with E-state index in [0.29, 0.717) is 5.75 Å². The first-order valence-corrected chi connectivity index (χ1v) is 9.95. The lowest BCUT2D eigenvalue weighted by atomic mass is 10.1. The number of rotatable bonds is 6. The monoisotopic (exact) mass is 380 g/mol. The number of anilines is 1. The van der Waals surface area contributed by atoms with E-state index in [0.717, 1.165) is 39.9 Å². The minimum absolute atomic E-state index is 0.0358. The summed E-state index contributed by atoms with van der Waals surface area (Å²) >= 11 is 1.43. The molecule has 0 N–H and O–H groups in total. The van der Waals surface area contributed by atoms with Crippen molar-refractivity contribution in [1.82, 2.24) is 14.8 Å². The first-order chi connectivity index (χ1) is 13.0. The highest BCUT2D eigenvalue weighted by atomic mass is 32.2. The van der Waals surface area contributed by atoms with Gasteiger partial charge in [-0.3, -0.25) is 4.79 Å². The van der Waals surface area contributed by atoms with Gasteiger partial charge in [0, 0.05) is 24.8 Å². The van der Waals surface area contributed by atoms with Crippen LogP contribution in [0.3, 0.4) is 0 Å². The molecule has 3 rings (SSSR count). The predicted molar refractivity (Wildman–Crippen MR) is 111 cm³/mol. The highest BCUT2D eigenvalue weighted by molar-refractivity contribution is 7.99. The van der Waals surface area contributed by atoms with Gasteiger partial charge < -0.3 is 9.47 Å². The molecule has 1 amide bonds. The molecule has 140 valence electrons. The number of amides is 1. The first-order valence-electron chi connectivity index (χ1n) is 8.96. The van der Waals surface area contributed by atoms with Gasteiger partial charge in [0.2, 0.25) is 5.91 Å². The van der Waals surface area contributed by atoms with E-state index in [2.05, 4.69) is 40.7 Å². The number of benzene rings is 2. The highest BCUT2D eigenvalue weighted by Gasteiger charge is 2.17. The van der Waals surface area contributed by atoms with Crippen molar-refractivity contribution in [2.24, 2.45) is 0 Å². The zero-order valence-electron chi connectivity index (χ0n) is 16.1. The Kier molecular flexibility index (Phi) is 5.96. The minimum Gasteiger partial charge on any atom is -0.315 e. The fraction of sp³-hybridized carbons (Fsp3) is 0.286. The van der Waals surface area contributed by atoms with Gasteiger partial charge in [0.25, 0.3) is 0 Å². The molecule has 3 aromatic rings. The summed E-state index contributed by atoms with van der Waals surface area (Å²) in [6, 6.07) is 16.1. The van der Waals surface area contributed by atoms with Gasteiger partial charge in [0.1, 0.15) is 0 Å². The van der Waals surface area contributed by atoms with Crippen molar-refractivity contribution in [1.29, 1.82) is 0 Å². The summed E-state index contributed by atoms with van der Waals surface area (Å²) in [4.78, 5) is 14.3. The van der Waals surface area contributed by atoms with Crippen LogP contribution in [0.4, 0.5) is 5.69 Å². The Hall–Kier alpha value is -2.60. The molecule has 1 aromatic heterocycles. The van der Waals surface area contributed by atoms with Crippen LogP contribution < -0.4 is 4.90 Å². The largest absolute Gasteiger partial charge is 0.315 e. The summed E-state index contributed by atoms with van der Waals surface area (Å²) in [5.41, 5.74) is 4.26. The van der Waals surface area contributed by atoms with E-state index in [1.165, 1.54) is 11.8 Å². The van der Waals surface area contributed by atoms with Gasteiger partial charge in [-0.1, -0.05) is 48.2 Å². The lowest BCUT2D eigenvalue weighted by molar-refractivity contribution is -0.115. The van der Waals surface area contributed by atoms with Crippen molar-refractivity contribution >= 4 is 23.4 Å². The number of nitrogens with zero attached hydrogens (tertiary/aromatic N) is 4. The lowest BCUT2D eigenvalue weighted by Gasteiger charge is -2.17. The molecule has 6 heteroatoms. The second-order valence-corrected chi connectivity index (χ2v) is 7.39. The Bertz CT molecular complexity index is 951. The van der Waals surface area contributed by atoms with Crippen LogP contribution in [0.2, 0.25) is 0 Å². The average molecular weight is 381 g/mol.